The fourth-order valence-electron chi connectivity index (χ4n) is 1.92. The Balaban J connectivity index is 2.05. The molecular formula is C14H17NO4S. The quantitative estimate of drug-likeness (QED) is 0.757. The fourth-order valence-corrected chi connectivity index (χ4v) is 2.57. The molecular weight excluding hydrogens is 278 g/mol. The van der Waals surface area contributed by atoms with E-state index in [1.165, 1.54) is 12.5 Å². The summed E-state index contributed by atoms with van der Waals surface area (Å²) < 4.78 is 27.5. The first kappa shape index (κ1) is 14.7. The summed E-state index contributed by atoms with van der Waals surface area (Å²) in [6.45, 7) is 0.499. The van der Waals surface area contributed by atoms with Crippen LogP contribution >= 0.6 is 0 Å². The van der Waals surface area contributed by atoms with Crippen LogP contribution < -0.4 is 0 Å². The minimum absolute atomic E-state index is 0.0446. The maximum absolute atomic E-state index is 12.2. The zero-order valence-corrected chi connectivity index (χ0v) is 12.3. The van der Waals surface area contributed by atoms with Crippen LogP contribution in [0.25, 0.3) is 11.0 Å². The molecule has 108 valence electrons. The van der Waals surface area contributed by atoms with Gasteiger partial charge in [0.05, 0.1) is 17.9 Å². The van der Waals surface area contributed by atoms with Crippen LogP contribution in [0, 0.1) is 0 Å². The van der Waals surface area contributed by atoms with E-state index < -0.39 is 9.84 Å². The van der Waals surface area contributed by atoms with Gasteiger partial charge < -0.3 is 4.42 Å². The smallest absolute Gasteiger partial charge is 0.180 e. The fraction of sp³-hybridized carbons (Fsp3) is 0.357. The molecule has 1 aromatic carbocycles. The van der Waals surface area contributed by atoms with E-state index in [2.05, 4.69) is 0 Å². The molecule has 0 saturated heterocycles. The second kappa shape index (κ2) is 5.76. The number of furan rings is 1. The van der Waals surface area contributed by atoms with Crippen LogP contribution in [0.15, 0.2) is 34.9 Å². The van der Waals surface area contributed by atoms with Crippen LogP contribution in [0.4, 0.5) is 0 Å². The Bertz CT molecular complexity index is 718. The Morgan fingerprint density at radius 2 is 2.00 bits per heavy atom. The maximum Gasteiger partial charge on any atom is 0.180 e. The number of hydrogen-bond donors (Lipinski definition) is 0. The lowest BCUT2D eigenvalue weighted by atomic mass is 10.1. The average molecular weight is 295 g/mol. The van der Waals surface area contributed by atoms with Gasteiger partial charge in [-0.25, -0.2) is 8.42 Å². The highest BCUT2D eigenvalue weighted by atomic mass is 32.2. The highest BCUT2D eigenvalue weighted by Crippen LogP contribution is 2.21. The van der Waals surface area contributed by atoms with Crippen molar-refractivity contribution >= 4 is 26.6 Å². The average Bonchev–Trinajstić information content (AvgIpc) is 2.79. The van der Waals surface area contributed by atoms with Crippen molar-refractivity contribution in [1.29, 1.82) is 0 Å². The van der Waals surface area contributed by atoms with E-state index in [0.717, 1.165) is 5.39 Å². The highest BCUT2D eigenvalue weighted by Gasteiger charge is 2.16. The largest absolute Gasteiger partial charge is 0.464 e. The Morgan fingerprint density at radius 1 is 1.30 bits per heavy atom. The van der Waals surface area contributed by atoms with Gasteiger partial charge in [0.1, 0.15) is 21.7 Å². The van der Waals surface area contributed by atoms with Crippen LogP contribution in [0.1, 0.15) is 10.4 Å². The van der Waals surface area contributed by atoms with E-state index in [1.807, 2.05) is 18.2 Å². The summed E-state index contributed by atoms with van der Waals surface area (Å²) in [5, 5.41) is 0.786. The minimum Gasteiger partial charge on any atom is -0.464 e. The van der Waals surface area contributed by atoms with Crippen LogP contribution in [0.5, 0.6) is 0 Å². The van der Waals surface area contributed by atoms with E-state index in [1.54, 1.807) is 18.0 Å². The Hall–Kier alpha value is -1.66. The third kappa shape index (κ3) is 3.68. The summed E-state index contributed by atoms with van der Waals surface area (Å²) in [4.78, 5) is 13.9. The number of ketones is 1. The van der Waals surface area contributed by atoms with Crippen LogP contribution in [-0.2, 0) is 9.84 Å². The predicted molar refractivity (Wildman–Crippen MR) is 77.8 cm³/mol. The van der Waals surface area contributed by atoms with E-state index in [0.29, 0.717) is 17.7 Å². The Morgan fingerprint density at radius 3 is 2.70 bits per heavy atom. The molecule has 0 atom stereocenters. The molecule has 6 heteroatoms. The molecule has 20 heavy (non-hydrogen) atoms. The van der Waals surface area contributed by atoms with Gasteiger partial charge in [-0.05, 0) is 13.1 Å². The molecule has 0 saturated carbocycles. The molecule has 0 spiro atoms. The standard InChI is InChI=1S/C14H17NO4S/c1-15(7-8-20(2,17)18)9-13(16)12-10-19-14-6-4-3-5-11(12)14/h3-6,10H,7-9H2,1-2H3. The lowest BCUT2D eigenvalue weighted by Gasteiger charge is -2.14. The number of benzene rings is 1. The highest BCUT2D eigenvalue weighted by molar-refractivity contribution is 7.90. The zero-order chi connectivity index (χ0) is 14.8. The monoisotopic (exact) mass is 295 g/mol. The molecule has 0 radical (unpaired) electrons. The third-order valence-corrected chi connectivity index (χ3v) is 3.96. The van der Waals surface area contributed by atoms with Gasteiger partial charge in [-0.15, -0.1) is 0 Å². The normalized spacial score (nSPS) is 12.2. The van der Waals surface area contributed by atoms with Crippen LogP contribution in [-0.4, -0.2) is 51.2 Å². The predicted octanol–water partition coefficient (Wildman–Crippen LogP) is 1.59. The lowest BCUT2D eigenvalue weighted by molar-refractivity contribution is 0.0950. The number of nitrogens with zero attached hydrogens (tertiary/aromatic N) is 1. The second-order valence-electron chi connectivity index (χ2n) is 4.94. The first-order valence-corrected chi connectivity index (χ1v) is 8.28. The number of Topliss-reactive ketones (excluding diaryl/α,β-unsaturated/α-hetero) is 1. The van der Waals surface area contributed by atoms with E-state index >= 15 is 0 Å². The van der Waals surface area contributed by atoms with Crippen molar-refractivity contribution in [2.24, 2.45) is 0 Å². The molecule has 0 aliphatic carbocycles. The Kier molecular flexibility index (Phi) is 4.25. The number of hydrogen-bond acceptors (Lipinski definition) is 5. The van der Waals surface area contributed by atoms with Crippen molar-refractivity contribution in [1.82, 2.24) is 4.90 Å². The molecule has 0 N–H and O–H groups in total. The van der Waals surface area contributed by atoms with Gasteiger partial charge in [-0.3, -0.25) is 9.69 Å². The van der Waals surface area contributed by atoms with Crippen molar-refractivity contribution in [2.75, 3.05) is 32.1 Å². The van der Waals surface area contributed by atoms with Gasteiger partial charge in [-0.2, -0.15) is 0 Å². The van der Waals surface area contributed by atoms with Crippen LogP contribution in [0.2, 0.25) is 0 Å². The van der Waals surface area contributed by atoms with Gasteiger partial charge in [0.15, 0.2) is 5.78 Å². The molecule has 1 aromatic heterocycles. The molecule has 0 aliphatic heterocycles. The first-order valence-electron chi connectivity index (χ1n) is 6.22. The summed E-state index contributed by atoms with van der Waals surface area (Å²) in [7, 11) is -1.29. The topological polar surface area (TPSA) is 67.6 Å². The summed E-state index contributed by atoms with van der Waals surface area (Å²) in [5.74, 6) is -0.0333. The number of likely N-dealkylation sites (N-methyl/N-ethyl adjacent to an activating group) is 1. The number of carbonyl (C=O) groups excluding carboxylic acids is 1. The molecule has 5 nitrogen and oxygen atoms in total. The molecule has 0 unspecified atom stereocenters. The SMILES string of the molecule is CN(CCS(C)(=O)=O)CC(=O)c1coc2ccccc12. The number of para-hydroxylation sites is 1. The van der Waals surface area contributed by atoms with Crippen molar-refractivity contribution in [3.8, 4) is 0 Å². The molecule has 1 heterocycles. The number of rotatable bonds is 6. The van der Waals surface area contributed by atoms with E-state index in [4.69, 9.17) is 4.42 Å². The van der Waals surface area contributed by atoms with Crippen molar-refractivity contribution < 1.29 is 17.6 Å². The first-order chi connectivity index (χ1) is 9.37. The van der Waals surface area contributed by atoms with Crippen LogP contribution in [0.3, 0.4) is 0 Å². The lowest BCUT2D eigenvalue weighted by Crippen LogP contribution is -2.30. The van der Waals surface area contributed by atoms with E-state index in [9.17, 15) is 13.2 Å². The Labute approximate surface area is 118 Å². The minimum atomic E-state index is -3.01. The van der Waals surface area contributed by atoms with Crippen molar-refractivity contribution in [3.63, 3.8) is 0 Å². The summed E-state index contributed by atoms with van der Waals surface area (Å²) in [6.07, 6.45) is 2.64. The number of sulfone groups is 1. The summed E-state index contributed by atoms with van der Waals surface area (Å²) in [5.41, 5.74) is 1.21. The van der Waals surface area contributed by atoms with Gasteiger partial charge in [0, 0.05) is 18.2 Å². The van der Waals surface area contributed by atoms with Gasteiger partial charge in [0.2, 0.25) is 0 Å². The molecule has 0 bridgehead atoms. The molecule has 2 rings (SSSR count). The zero-order valence-electron chi connectivity index (χ0n) is 11.5. The van der Waals surface area contributed by atoms with Gasteiger partial charge >= 0.3 is 0 Å². The number of fused-ring (bicyclic) bond motifs is 1. The molecule has 0 amide bonds. The van der Waals surface area contributed by atoms with Gasteiger partial charge in [-0.1, -0.05) is 18.2 Å². The third-order valence-electron chi connectivity index (χ3n) is 3.04. The second-order valence-corrected chi connectivity index (χ2v) is 7.20. The van der Waals surface area contributed by atoms with Crippen molar-refractivity contribution in [3.05, 3.63) is 36.1 Å². The summed E-state index contributed by atoms with van der Waals surface area (Å²) >= 11 is 0. The van der Waals surface area contributed by atoms with E-state index in [-0.39, 0.29) is 18.1 Å². The van der Waals surface area contributed by atoms with Crippen molar-refractivity contribution in [2.45, 2.75) is 0 Å². The summed E-state index contributed by atoms with van der Waals surface area (Å²) in [6, 6.07) is 7.34. The molecule has 0 aliphatic rings. The number of carbonyl (C=O) groups is 1. The van der Waals surface area contributed by atoms with Gasteiger partial charge in [0.25, 0.3) is 0 Å². The molecule has 2 aromatic rings. The molecule has 0 fully saturated rings. The maximum atomic E-state index is 12.2.